The fourth-order valence-corrected chi connectivity index (χ4v) is 4.83. The van der Waals surface area contributed by atoms with Crippen molar-refractivity contribution in [2.45, 2.75) is 50.3 Å². The van der Waals surface area contributed by atoms with Crippen LogP contribution in [0.2, 0.25) is 0 Å². The van der Waals surface area contributed by atoms with Gasteiger partial charge in [-0.3, -0.25) is 4.79 Å². The third-order valence-corrected chi connectivity index (χ3v) is 6.24. The minimum absolute atomic E-state index is 0.129. The molecule has 0 radical (unpaired) electrons. The number of benzene rings is 2. The van der Waals surface area contributed by atoms with Crippen molar-refractivity contribution in [2.75, 3.05) is 12.4 Å². The monoisotopic (exact) mass is 375 g/mol. The molecule has 140 valence electrons. The number of hydrogen-bond donors (Lipinski definition) is 1. The lowest BCUT2D eigenvalue weighted by Gasteiger charge is -2.16. The quantitative estimate of drug-likeness (QED) is 0.849. The molecule has 0 heterocycles. The van der Waals surface area contributed by atoms with E-state index in [1.54, 1.807) is 51.3 Å². The van der Waals surface area contributed by atoms with Crippen molar-refractivity contribution in [3.63, 3.8) is 0 Å². The van der Waals surface area contributed by atoms with Crippen molar-refractivity contribution in [1.29, 1.82) is 0 Å². The Hall–Kier alpha value is -2.34. The Labute approximate surface area is 155 Å². The molecule has 0 fully saturated rings. The van der Waals surface area contributed by atoms with Gasteiger partial charge in [0, 0.05) is 12.6 Å². The number of amides is 1. The van der Waals surface area contributed by atoms with Crippen LogP contribution in [0, 0.1) is 13.8 Å². The number of methoxy groups -OCH3 is 1. The summed E-state index contributed by atoms with van der Waals surface area (Å²) in [5.41, 5.74) is 2.62. The molecule has 0 saturated carbocycles. The average Bonchev–Trinajstić information content (AvgIpc) is 2.52. The summed E-state index contributed by atoms with van der Waals surface area (Å²) in [6.45, 7) is 8.87. The van der Waals surface area contributed by atoms with Gasteiger partial charge in [0.05, 0.1) is 16.9 Å². The summed E-state index contributed by atoms with van der Waals surface area (Å²) in [5.74, 6) is 0.606. The number of aryl methyl sites for hydroxylation is 2. The molecule has 6 heteroatoms. The Kier molecular flexibility index (Phi) is 5.76. The largest absolute Gasteiger partial charge is 0.496 e. The molecule has 1 N–H and O–H groups in total. The van der Waals surface area contributed by atoms with E-state index in [1.165, 1.54) is 6.92 Å². The molecule has 0 bridgehead atoms. The Balaban J connectivity index is 2.61. The van der Waals surface area contributed by atoms with Crippen molar-refractivity contribution in [3.05, 3.63) is 47.0 Å². The van der Waals surface area contributed by atoms with Crippen molar-refractivity contribution in [3.8, 4) is 5.75 Å². The standard InChI is InChI=1S/C20H25NO4S/c1-12(2)18-11-17(7-8-19(18)25-6)26(23,24)20-13(3)9-16(10-14(20)4)21-15(5)22/h7-12H,1-6H3,(H,21,22). The number of sulfone groups is 1. The zero-order chi connectivity index (χ0) is 19.6. The van der Waals surface area contributed by atoms with Gasteiger partial charge >= 0.3 is 0 Å². The number of anilines is 1. The molecular formula is C20H25NO4S. The van der Waals surface area contributed by atoms with Gasteiger partial charge in [0.2, 0.25) is 15.7 Å². The molecule has 0 aliphatic carbocycles. The molecule has 2 rings (SSSR count). The van der Waals surface area contributed by atoms with Crippen molar-refractivity contribution >= 4 is 21.4 Å². The number of rotatable bonds is 5. The van der Waals surface area contributed by atoms with Gasteiger partial charge in [-0.2, -0.15) is 0 Å². The van der Waals surface area contributed by atoms with Crippen LogP contribution in [0.1, 0.15) is 43.4 Å². The molecular weight excluding hydrogens is 350 g/mol. The lowest BCUT2D eigenvalue weighted by molar-refractivity contribution is -0.114. The van der Waals surface area contributed by atoms with Crippen LogP contribution in [-0.4, -0.2) is 21.4 Å². The molecule has 0 unspecified atom stereocenters. The van der Waals surface area contributed by atoms with Gasteiger partial charge in [0.25, 0.3) is 0 Å². The van der Waals surface area contributed by atoms with Gasteiger partial charge in [-0.1, -0.05) is 13.8 Å². The smallest absolute Gasteiger partial charge is 0.221 e. The first-order valence-corrected chi connectivity index (χ1v) is 9.88. The Morgan fingerprint density at radius 2 is 1.65 bits per heavy atom. The third-order valence-electron chi connectivity index (χ3n) is 4.18. The maximum atomic E-state index is 13.3. The fraction of sp³-hybridized carbons (Fsp3) is 0.350. The summed E-state index contributed by atoms with van der Waals surface area (Å²) in [5, 5.41) is 2.69. The Morgan fingerprint density at radius 1 is 1.08 bits per heavy atom. The maximum absolute atomic E-state index is 13.3. The number of carbonyl (C=O) groups excluding carboxylic acids is 1. The van der Waals surface area contributed by atoms with Crippen LogP contribution in [0.4, 0.5) is 5.69 Å². The first-order chi connectivity index (χ1) is 12.1. The summed E-state index contributed by atoms with van der Waals surface area (Å²) in [4.78, 5) is 11.8. The van der Waals surface area contributed by atoms with E-state index in [0.29, 0.717) is 22.6 Å². The second-order valence-electron chi connectivity index (χ2n) is 6.68. The molecule has 2 aromatic rings. The fourth-order valence-electron chi connectivity index (χ4n) is 3.10. The summed E-state index contributed by atoms with van der Waals surface area (Å²) in [6.07, 6.45) is 0. The molecule has 26 heavy (non-hydrogen) atoms. The summed E-state index contributed by atoms with van der Waals surface area (Å²) in [7, 11) is -2.12. The summed E-state index contributed by atoms with van der Waals surface area (Å²) >= 11 is 0. The highest BCUT2D eigenvalue weighted by molar-refractivity contribution is 7.91. The minimum Gasteiger partial charge on any atom is -0.496 e. The average molecular weight is 375 g/mol. The van der Waals surface area contributed by atoms with Gasteiger partial charge < -0.3 is 10.1 Å². The van der Waals surface area contributed by atoms with Crippen LogP contribution in [-0.2, 0) is 14.6 Å². The van der Waals surface area contributed by atoms with E-state index < -0.39 is 9.84 Å². The molecule has 0 aromatic heterocycles. The summed E-state index contributed by atoms with van der Waals surface area (Å²) < 4.78 is 31.9. The topological polar surface area (TPSA) is 72.5 Å². The zero-order valence-corrected chi connectivity index (χ0v) is 16.8. The van der Waals surface area contributed by atoms with E-state index in [1.807, 2.05) is 13.8 Å². The molecule has 0 aliphatic rings. The number of hydrogen-bond acceptors (Lipinski definition) is 4. The minimum atomic E-state index is -3.69. The highest BCUT2D eigenvalue weighted by Gasteiger charge is 2.24. The highest BCUT2D eigenvalue weighted by atomic mass is 32.2. The third kappa shape index (κ3) is 3.90. The number of ether oxygens (including phenoxy) is 1. The second-order valence-corrected chi connectivity index (χ2v) is 8.57. The van der Waals surface area contributed by atoms with E-state index in [4.69, 9.17) is 4.74 Å². The summed E-state index contributed by atoms with van der Waals surface area (Å²) in [6, 6.07) is 8.29. The van der Waals surface area contributed by atoms with Gasteiger partial charge in [0.1, 0.15) is 5.75 Å². The number of nitrogens with one attached hydrogen (secondary N) is 1. The van der Waals surface area contributed by atoms with Crippen LogP contribution in [0.15, 0.2) is 40.1 Å². The van der Waals surface area contributed by atoms with Gasteiger partial charge in [-0.15, -0.1) is 0 Å². The first kappa shape index (κ1) is 20.0. The molecule has 1 amide bonds. The van der Waals surface area contributed by atoms with E-state index in [9.17, 15) is 13.2 Å². The van der Waals surface area contributed by atoms with E-state index in [-0.39, 0.29) is 21.6 Å². The maximum Gasteiger partial charge on any atom is 0.221 e. The van der Waals surface area contributed by atoms with Crippen molar-refractivity contribution in [2.24, 2.45) is 0 Å². The lowest BCUT2D eigenvalue weighted by atomic mass is 10.0. The molecule has 0 spiro atoms. The second kappa shape index (κ2) is 7.50. The lowest BCUT2D eigenvalue weighted by Crippen LogP contribution is -2.10. The van der Waals surface area contributed by atoms with E-state index in [0.717, 1.165) is 5.56 Å². The SMILES string of the molecule is COc1ccc(S(=O)(=O)c2c(C)cc(NC(C)=O)cc2C)cc1C(C)C. The van der Waals surface area contributed by atoms with Crippen molar-refractivity contribution < 1.29 is 17.9 Å². The number of carbonyl (C=O) groups is 1. The Bertz CT molecular complexity index is 923. The van der Waals surface area contributed by atoms with E-state index >= 15 is 0 Å². The van der Waals surface area contributed by atoms with Crippen LogP contribution in [0.5, 0.6) is 5.75 Å². The molecule has 0 atom stereocenters. The predicted molar refractivity (Wildman–Crippen MR) is 103 cm³/mol. The molecule has 0 aliphatic heterocycles. The molecule has 0 saturated heterocycles. The highest BCUT2D eigenvalue weighted by Crippen LogP contribution is 2.34. The normalized spacial score (nSPS) is 11.5. The first-order valence-electron chi connectivity index (χ1n) is 8.39. The molecule has 5 nitrogen and oxygen atoms in total. The van der Waals surface area contributed by atoms with Crippen LogP contribution >= 0.6 is 0 Å². The molecule has 2 aromatic carbocycles. The van der Waals surface area contributed by atoms with Crippen molar-refractivity contribution in [1.82, 2.24) is 0 Å². The van der Waals surface area contributed by atoms with Crippen LogP contribution in [0.3, 0.4) is 0 Å². The van der Waals surface area contributed by atoms with Gasteiger partial charge in [0.15, 0.2) is 0 Å². The van der Waals surface area contributed by atoms with E-state index in [2.05, 4.69) is 5.32 Å². The van der Waals surface area contributed by atoms with Crippen LogP contribution in [0.25, 0.3) is 0 Å². The Morgan fingerprint density at radius 3 is 2.12 bits per heavy atom. The van der Waals surface area contributed by atoms with Gasteiger partial charge in [-0.05, 0) is 66.8 Å². The zero-order valence-electron chi connectivity index (χ0n) is 16.0. The predicted octanol–water partition coefficient (Wildman–Crippen LogP) is 4.23. The van der Waals surface area contributed by atoms with Crippen LogP contribution < -0.4 is 10.1 Å². The van der Waals surface area contributed by atoms with Gasteiger partial charge in [-0.25, -0.2) is 8.42 Å².